The van der Waals surface area contributed by atoms with E-state index in [1.807, 2.05) is 30.9 Å². The molecular formula is C10H15O3PS. The van der Waals surface area contributed by atoms with Gasteiger partial charge in [-0.3, -0.25) is 0 Å². The van der Waals surface area contributed by atoms with Crippen molar-refractivity contribution in [2.45, 2.75) is 0 Å². The number of para-hydroxylation sites is 1. The predicted octanol–water partition coefficient (Wildman–Crippen LogP) is 1.43. The van der Waals surface area contributed by atoms with Crippen LogP contribution in [0.5, 0.6) is 5.75 Å². The summed E-state index contributed by atoms with van der Waals surface area (Å²) in [7, 11) is -2.03. The summed E-state index contributed by atoms with van der Waals surface area (Å²) >= 11 is 0. The van der Waals surface area contributed by atoms with Crippen molar-refractivity contribution < 1.29 is 13.2 Å². The third kappa shape index (κ3) is 3.80. The molecule has 0 fully saturated rings. The number of hydrogen-bond donors (Lipinski definition) is 0. The Bertz CT molecular complexity index is 428. The second kappa shape index (κ2) is 4.95. The van der Waals surface area contributed by atoms with E-state index in [1.54, 1.807) is 7.11 Å². The lowest BCUT2D eigenvalue weighted by atomic mass is 10.3. The Balaban J connectivity index is 2.95. The lowest BCUT2D eigenvalue weighted by Gasteiger charge is -2.14. The molecule has 1 rings (SSSR count). The molecule has 0 aliphatic rings. The van der Waals surface area contributed by atoms with Gasteiger partial charge in [-0.15, -0.1) is 0 Å². The molecular weight excluding hydrogens is 231 g/mol. The van der Waals surface area contributed by atoms with Crippen LogP contribution in [-0.4, -0.2) is 33.9 Å². The lowest BCUT2D eigenvalue weighted by molar-refractivity contribution is 0.418. The molecule has 0 aliphatic heterocycles. The summed E-state index contributed by atoms with van der Waals surface area (Å²) in [6, 6.07) is 7.57. The third-order valence-corrected chi connectivity index (χ3v) is 6.54. The van der Waals surface area contributed by atoms with Crippen LogP contribution in [0, 0.1) is 0 Å². The van der Waals surface area contributed by atoms with Gasteiger partial charge in [0.2, 0.25) is 0 Å². The Morgan fingerprint density at radius 3 is 2.47 bits per heavy atom. The molecule has 5 heteroatoms. The van der Waals surface area contributed by atoms with Crippen molar-refractivity contribution in [3.63, 3.8) is 0 Å². The standard InChI is InChI=1S/C10H15O3PS/c1-13-9-6-4-5-7-10(9)14(2)8-15(3,11)12/h4-7H,8H2,1-3H3. The molecule has 0 spiro atoms. The molecule has 0 N–H and O–H groups in total. The maximum atomic E-state index is 11.2. The zero-order valence-electron chi connectivity index (χ0n) is 9.10. The van der Waals surface area contributed by atoms with Gasteiger partial charge in [0.05, 0.1) is 12.6 Å². The fraction of sp³-hybridized carbons (Fsp3) is 0.400. The molecule has 0 aromatic heterocycles. The number of hydrogen-bond acceptors (Lipinski definition) is 3. The highest BCUT2D eigenvalue weighted by molar-refractivity contribution is 7.98. The van der Waals surface area contributed by atoms with Gasteiger partial charge in [0.1, 0.15) is 5.75 Å². The first-order valence-electron chi connectivity index (χ1n) is 4.46. The average molecular weight is 246 g/mol. The number of ether oxygens (including phenoxy) is 1. The highest BCUT2D eigenvalue weighted by atomic mass is 32.2. The lowest BCUT2D eigenvalue weighted by Crippen LogP contribution is -2.11. The maximum absolute atomic E-state index is 11.2. The predicted molar refractivity (Wildman–Crippen MR) is 65.2 cm³/mol. The van der Waals surface area contributed by atoms with Gasteiger partial charge < -0.3 is 4.74 Å². The van der Waals surface area contributed by atoms with Crippen LogP contribution in [0.25, 0.3) is 0 Å². The number of sulfone groups is 1. The smallest absolute Gasteiger partial charge is 0.151 e. The van der Waals surface area contributed by atoms with Crippen molar-refractivity contribution in [3.8, 4) is 5.75 Å². The van der Waals surface area contributed by atoms with Crippen LogP contribution in [0.1, 0.15) is 0 Å². The van der Waals surface area contributed by atoms with E-state index in [4.69, 9.17) is 4.74 Å². The van der Waals surface area contributed by atoms with Gasteiger partial charge in [0.15, 0.2) is 9.84 Å². The normalized spacial score (nSPS) is 13.5. The molecule has 0 aliphatic carbocycles. The second-order valence-corrected chi connectivity index (χ2v) is 8.19. The molecule has 0 heterocycles. The van der Waals surface area contributed by atoms with E-state index in [1.165, 1.54) is 6.26 Å². The molecule has 0 radical (unpaired) electrons. The first-order valence-corrected chi connectivity index (χ1v) is 8.49. The molecule has 84 valence electrons. The quantitative estimate of drug-likeness (QED) is 0.755. The van der Waals surface area contributed by atoms with Crippen molar-refractivity contribution in [1.29, 1.82) is 0 Å². The minimum atomic E-state index is -2.92. The zero-order chi connectivity index (χ0) is 11.5. The molecule has 0 bridgehead atoms. The van der Waals surface area contributed by atoms with Crippen molar-refractivity contribution >= 4 is 23.1 Å². The molecule has 0 saturated carbocycles. The number of rotatable bonds is 4. The van der Waals surface area contributed by atoms with E-state index in [-0.39, 0.29) is 5.49 Å². The van der Waals surface area contributed by atoms with Crippen LogP contribution in [-0.2, 0) is 9.84 Å². The first-order chi connectivity index (χ1) is 6.94. The second-order valence-electron chi connectivity index (χ2n) is 3.42. The minimum absolute atomic E-state index is 0.211. The topological polar surface area (TPSA) is 43.4 Å². The monoisotopic (exact) mass is 246 g/mol. The Morgan fingerprint density at radius 1 is 1.33 bits per heavy atom. The average Bonchev–Trinajstić information content (AvgIpc) is 2.15. The van der Waals surface area contributed by atoms with Gasteiger partial charge in [0.25, 0.3) is 0 Å². The van der Waals surface area contributed by atoms with E-state index >= 15 is 0 Å². The Morgan fingerprint density at radius 2 is 1.93 bits per heavy atom. The van der Waals surface area contributed by atoms with Crippen LogP contribution < -0.4 is 10.0 Å². The van der Waals surface area contributed by atoms with Gasteiger partial charge in [-0.1, -0.05) is 26.1 Å². The van der Waals surface area contributed by atoms with E-state index in [9.17, 15) is 8.42 Å². The fourth-order valence-corrected chi connectivity index (χ4v) is 5.62. The molecule has 1 unspecified atom stereocenters. The Kier molecular flexibility index (Phi) is 4.12. The SMILES string of the molecule is COc1ccccc1P(C)CS(C)(=O)=O. The molecule has 1 atom stereocenters. The van der Waals surface area contributed by atoms with Gasteiger partial charge in [-0.05, 0) is 12.7 Å². The highest BCUT2D eigenvalue weighted by Gasteiger charge is 2.15. The van der Waals surface area contributed by atoms with Crippen LogP contribution in [0.2, 0.25) is 0 Å². The van der Waals surface area contributed by atoms with E-state index in [0.717, 1.165) is 11.1 Å². The minimum Gasteiger partial charge on any atom is -0.496 e. The van der Waals surface area contributed by atoms with Crippen molar-refractivity contribution in [1.82, 2.24) is 0 Å². The van der Waals surface area contributed by atoms with Gasteiger partial charge >= 0.3 is 0 Å². The molecule has 0 saturated heterocycles. The number of benzene rings is 1. The van der Waals surface area contributed by atoms with Crippen molar-refractivity contribution in [2.24, 2.45) is 0 Å². The van der Waals surface area contributed by atoms with Crippen LogP contribution in [0.3, 0.4) is 0 Å². The van der Waals surface area contributed by atoms with Crippen molar-refractivity contribution in [3.05, 3.63) is 24.3 Å². The van der Waals surface area contributed by atoms with Gasteiger partial charge in [0, 0.05) is 11.6 Å². The molecule has 15 heavy (non-hydrogen) atoms. The molecule has 1 aromatic rings. The van der Waals surface area contributed by atoms with Gasteiger partial charge in [-0.2, -0.15) is 0 Å². The molecule has 3 nitrogen and oxygen atoms in total. The Hall–Kier alpha value is -0.600. The van der Waals surface area contributed by atoms with Crippen LogP contribution in [0.15, 0.2) is 24.3 Å². The molecule has 1 aromatic carbocycles. The summed E-state index contributed by atoms with van der Waals surface area (Å²) in [6.45, 7) is 1.95. The first kappa shape index (κ1) is 12.5. The Labute approximate surface area is 92.1 Å². The maximum Gasteiger partial charge on any atom is 0.151 e. The van der Waals surface area contributed by atoms with Gasteiger partial charge in [-0.25, -0.2) is 8.42 Å². The summed E-state index contributed by atoms with van der Waals surface area (Å²) in [5.74, 6) is 0.773. The van der Waals surface area contributed by atoms with E-state index < -0.39 is 17.8 Å². The number of methoxy groups -OCH3 is 1. The molecule has 0 amide bonds. The summed E-state index contributed by atoms with van der Waals surface area (Å²) in [6.07, 6.45) is 1.27. The third-order valence-electron chi connectivity index (χ3n) is 1.92. The van der Waals surface area contributed by atoms with Crippen molar-refractivity contribution in [2.75, 3.05) is 25.5 Å². The van der Waals surface area contributed by atoms with Crippen LogP contribution >= 0.6 is 7.92 Å². The summed E-state index contributed by atoms with van der Waals surface area (Å²) in [5, 5.41) is 1.00. The summed E-state index contributed by atoms with van der Waals surface area (Å²) < 4.78 is 27.6. The van der Waals surface area contributed by atoms with E-state index in [0.29, 0.717) is 0 Å². The summed E-state index contributed by atoms with van der Waals surface area (Å²) in [5.41, 5.74) is 0.211. The zero-order valence-corrected chi connectivity index (χ0v) is 10.8. The van der Waals surface area contributed by atoms with E-state index in [2.05, 4.69) is 0 Å². The highest BCUT2D eigenvalue weighted by Crippen LogP contribution is 2.34. The fourth-order valence-electron chi connectivity index (χ4n) is 1.37. The summed E-state index contributed by atoms with van der Waals surface area (Å²) in [4.78, 5) is 0. The van der Waals surface area contributed by atoms with Crippen LogP contribution in [0.4, 0.5) is 0 Å². The largest absolute Gasteiger partial charge is 0.496 e.